The lowest BCUT2D eigenvalue weighted by Gasteiger charge is -2.41. The molecular weight excluding hydrogens is 638 g/mol. The van der Waals surface area contributed by atoms with Crippen molar-refractivity contribution in [2.75, 3.05) is 19.1 Å². The molecule has 11 heteroatoms. The van der Waals surface area contributed by atoms with Crippen LogP contribution in [0.4, 0.5) is 0 Å². The molecule has 2 aromatic rings. The van der Waals surface area contributed by atoms with E-state index in [9.17, 15) is 30.3 Å². The van der Waals surface area contributed by atoms with Gasteiger partial charge in [-0.15, -0.1) is 11.6 Å². The summed E-state index contributed by atoms with van der Waals surface area (Å²) in [5.74, 6) is 0.890. The number of alkyl halides is 1. The molecule has 1 aliphatic heterocycles. The topological polar surface area (TPSA) is 158 Å². The first-order chi connectivity index (χ1) is 23.1. The van der Waals surface area contributed by atoms with Gasteiger partial charge in [0.15, 0.2) is 6.29 Å². The SMILES string of the molecule is Cc1ccc(Oc2ccc(CCCCCCCCCCC(=O)N[C@@H](COC3OC(CO)[C@H](O)C(C)C3O)[C@H](O)[C@H](O)CCCl)cc2)cc1. The molecule has 1 fully saturated rings. The highest BCUT2D eigenvalue weighted by Gasteiger charge is 2.43. The summed E-state index contributed by atoms with van der Waals surface area (Å²) in [5, 5.41) is 53.9. The van der Waals surface area contributed by atoms with Crippen LogP contribution >= 0.6 is 11.6 Å². The Morgan fingerprint density at radius 1 is 0.896 bits per heavy atom. The molecular formula is C37H56ClNO9. The number of aliphatic hydroxyl groups is 5. The first-order valence-electron chi connectivity index (χ1n) is 17.4. The summed E-state index contributed by atoms with van der Waals surface area (Å²) in [4.78, 5) is 12.7. The van der Waals surface area contributed by atoms with E-state index in [1.54, 1.807) is 6.92 Å². The molecule has 1 saturated heterocycles. The second kappa shape index (κ2) is 21.7. The number of amides is 1. The van der Waals surface area contributed by atoms with Gasteiger partial charge in [-0.2, -0.15) is 0 Å². The fraction of sp³-hybridized carbons (Fsp3) is 0.649. The van der Waals surface area contributed by atoms with Gasteiger partial charge < -0.3 is 45.1 Å². The van der Waals surface area contributed by atoms with Gasteiger partial charge in [-0.3, -0.25) is 4.79 Å². The normalized spacial score (nSPS) is 23.0. The van der Waals surface area contributed by atoms with Gasteiger partial charge in [-0.1, -0.05) is 75.3 Å². The Hall–Kier alpha value is -2.28. The fourth-order valence-electron chi connectivity index (χ4n) is 5.81. The Morgan fingerprint density at radius 3 is 2.08 bits per heavy atom. The third-order valence-electron chi connectivity index (χ3n) is 9.02. The lowest BCUT2D eigenvalue weighted by Crippen LogP contribution is -2.57. The van der Waals surface area contributed by atoms with Crippen LogP contribution in [0.2, 0.25) is 0 Å². The van der Waals surface area contributed by atoms with Crippen molar-refractivity contribution in [1.82, 2.24) is 5.32 Å². The number of nitrogens with one attached hydrogen (secondary N) is 1. The van der Waals surface area contributed by atoms with E-state index in [1.165, 1.54) is 24.0 Å². The van der Waals surface area contributed by atoms with Crippen molar-refractivity contribution in [2.45, 2.75) is 127 Å². The predicted octanol–water partition coefficient (Wildman–Crippen LogP) is 4.77. The van der Waals surface area contributed by atoms with Crippen LogP contribution in [0, 0.1) is 12.8 Å². The van der Waals surface area contributed by atoms with E-state index in [4.69, 9.17) is 25.8 Å². The number of hydrogen-bond acceptors (Lipinski definition) is 9. The number of benzene rings is 2. The molecule has 2 aromatic carbocycles. The first kappa shape index (κ1) is 40.2. The van der Waals surface area contributed by atoms with E-state index in [1.807, 2.05) is 36.4 Å². The van der Waals surface area contributed by atoms with Crippen molar-refractivity contribution >= 4 is 17.5 Å². The van der Waals surface area contributed by atoms with E-state index in [2.05, 4.69) is 24.4 Å². The number of carbonyl (C=O) groups is 1. The molecule has 1 amide bonds. The minimum absolute atomic E-state index is 0.116. The molecule has 10 nitrogen and oxygen atoms in total. The van der Waals surface area contributed by atoms with E-state index in [0.717, 1.165) is 50.0 Å². The summed E-state index contributed by atoms with van der Waals surface area (Å²) < 4.78 is 17.1. The van der Waals surface area contributed by atoms with E-state index < -0.39 is 55.4 Å². The molecule has 0 radical (unpaired) electrons. The number of halogens is 1. The number of unbranched alkanes of at least 4 members (excludes halogenated alkanes) is 7. The van der Waals surface area contributed by atoms with Crippen LogP contribution in [0.5, 0.6) is 11.5 Å². The van der Waals surface area contributed by atoms with Crippen molar-refractivity contribution in [3.05, 3.63) is 59.7 Å². The quantitative estimate of drug-likeness (QED) is 0.0755. The number of hydrogen-bond donors (Lipinski definition) is 6. The highest BCUT2D eigenvalue weighted by atomic mass is 35.5. The number of ether oxygens (including phenoxy) is 3. The second-order valence-electron chi connectivity index (χ2n) is 13.0. The summed E-state index contributed by atoms with van der Waals surface area (Å²) in [6, 6.07) is 15.4. The average molecular weight is 694 g/mol. The molecule has 270 valence electrons. The molecule has 48 heavy (non-hydrogen) atoms. The van der Waals surface area contributed by atoms with Crippen LogP contribution in [0.15, 0.2) is 48.5 Å². The van der Waals surface area contributed by atoms with Crippen molar-refractivity contribution in [1.29, 1.82) is 0 Å². The maximum Gasteiger partial charge on any atom is 0.220 e. The van der Waals surface area contributed by atoms with Crippen molar-refractivity contribution < 1.29 is 44.5 Å². The Kier molecular flexibility index (Phi) is 18.2. The Balaban J connectivity index is 1.28. The fourth-order valence-corrected chi connectivity index (χ4v) is 6.03. The molecule has 6 N–H and O–H groups in total. The Bertz CT molecular complexity index is 1170. The van der Waals surface area contributed by atoms with E-state index in [-0.39, 0.29) is 31.2 Å². The van der Waals surface area contributed by atoms with Crippen LogP contribution in [0.1, 0.15) is 82.3 Å². The minimum Gasteiger partial charge on any atom is -0.457 e. The van der Waals surface area contributed by atoms with Crippen LogP contribution in [-0.4, -0.2) is 93.4 Å². The smallest absolute Gasteiger partial charge is 0.220 e. The highest BCUT2D eigenvalue weighted by Crippen LogP contribution is 2.27. The van der Waals surface area contributed by atoms with Gasteiger partial charge in [0.25, 0.3) is 0 Å². The zero-order valence-corrected chi connectivity index (χ0v) is 29.1. The van der Waals surface area contributed by atoms with Gasteiger partial charge in [0.05, 0.1) is 31.5 Å². The lowest BCUT2D eigenvalue weighted by atomic mass is 9.91. The zero-order valence-electron chi connectivity index (χ0n) is 28.4. The molecule has 3 rings (SSSR count). The van der Waals surface area contributed by atoms with Gasteiger partial charge in [0.2, 0.25) is 5.91 Å². The maximum atomic E-state index is 12.7. The van der Waals surface area contributed by atoms with Gasteiger partial charge in [0.1, 0.15) is 29.8 Å². The number of rotatable bonds is 22. The van der Waals surface area contributed by atoms with Crippen molar-refractivity contribution in [2.24, 2.45) is 5.92 Å². The molecule has 0 spiro atoms. The van der Waals surface area contributed by atoms with Crippen molar-refractivity contribution in [3.63, 3.8) is 0 Å². The summed E-state index contributed by atoms with van der Waals surface area (Å²) in [7, 11) is 0. The zero-order chi connectivity index (χ0) is 34.9. The molecule has 0 aliphatic carbocycles. The van der Waals surface area contributed by atoms with Crippen LogP contribution in [0.3, 0.4) is 0 Å². The highest BCUT2D eigenvalue weighted by molar-refractivity contribution is 6.17. The molecule has 1 aliphatic rings. The van der Waals surface area contributed by atoms with Crippen LogP contribution < -0.4 is 10.1 Å². The largest absolute Gasteiger partial charge is 0.457 e. The minimum atomic E-state index is -1.36. The monoisotopic (exact) mass is 693 g/mol. The first-order valence-corrected chi connectivity index (χ1v) is 17.9. The van der Waals surface area contributed by atoms with Crippen LogP contribution in [-0.2, 0) is 20.7 Å². The van der Waals surface area contributed by atoms with Gasteiger partial charge in [0, 0.05) is 18.2 Å². The molecule has 4 unspecified atom stereocenters. The summed E-state index contributed by atoms with van der Waals surface area (Å²) in [6.07, 6.45) is 2.89. The Labute approximate surface area is 290 Å². The standard InChI is InChI=1S/C37H56ClNO9/c1-25-13-17-28(18-14-25)47-29-19-15-27(16-20-29)11-9-7-5-3-4-6-8-10-12-33(42)39-30(36(45)31(41)21-22-38)24-46-37-35(44)26(2)34(43)32(23-40)48-37/h13-20,26,30-32,34-37,40-41,43-45H,3-12,21-24H2,1-2H3,(H,39,42)/t26?,30-,31+,32?,34+,35?,36-,37?/m0/s1. The van der Waals surface area contributed by atoms with E-state index >= 15 is 0 Å². The van der Waals surface area contributed by atoms with Crippen LogP contribution in [0.25, 0.3) is 0 Å². The molecule has 0 saturated carbocycles. The molecule has 8 atom stereocenters. The molecule has 0 aromatic heterocycles. The third kappa shape index (κ3) is 13.6. The van der Waals surface area contributed by atoms with Gasteiger partial charge >= 0.3 is 0 Å². The van der Waals surface area contributed by atoms with Gasteiger partial charge in [-0.05, 0) is 62.4 Å². The number of carbonyl (C=O) groups excluding carboxylic acids is 1. The van der Waals surface area contributed by atoms with Crippen molar-refractivity contribution in [3.8, 4) is 11.5 Å². The van der Waals surface area contributed by atoms with E-state index in [0.29, 0.717) is 6.42 Å². The number of aliphatic hydroxyl groups excluding tert-OH is 5. The Morgan fingerprint density at radius 2 is 1.48 bits per heavy atom. The summed E-state index contributed by atoms with van der Waals surface area (Å²) in [5.41, 5.74) is 2.51. The average Bonchev–Trinajstić information content (AvgIpc) is 3.08. The maximum absolute atomic E-state index is 12.7. The predicted molar refractivity (Wildman–Crippen MR) is 185 cm³/mol. The van der Waals surface area contributed by atoms with Gasteiger partial charge in [-0.25, -0.2) is 0 Å². The number of aryl methyl sites for hydroxylation is 2. The molecule has 0 bridgehead atoms. The second-order valence-corrected chi connectivity index (χ2v) is 13.4. The third-order valence-corrected chi connectivity index (χ3v) is 9.24. The lowest BCUT2D eigenvalue weighted by molar-refractivity contribution is -0.290. The summed E-state index contributed by atoms with van der Waals surface area (Å²) >= 11 is 5.74. The summed E-state index contributed by atoms with van der Waals surface area (Å²) in [6.45, 7) is 2.94. The molecule has 1 heterocycles.